The van der Waals surface area contributed by atoms with E-state index >= 15 is 0 Å². The van der Waals surface area contributed by atoms with Crippen LogP contribution in [0.2, 0.25) is 0 Å². The van der Waals surface area contributed by atoms with Gasteiger partial charge in [0, 0.05) is 4.47 Å². The first kappa shape index (κ1) is 3.67. The van der Waals surface area contributed by atoms with Gasteiger partial charge in [-0.25, -0.2) is 0 Å². The molecule has 0 heterocycles. The highest BCUT2D eigenvalue weighted by molar-refractivity contribution is 9.10. The molecule has 1 rings (SSSR count). The van der Waals surface area contributed by atoms with E-state index in [1.165, 1.54) is 0 Å². The van der Waals surface area contributed by atoms with Crippen LogP contribution in [0.5, 0.6) is 0 Å². The average molecular weight is 158 g/mol. The van der Waals surface area contributed by atoms with Gasteiger partial charge in [0.05, 0.1) is 1.37 Å². The van der Waals surface area contributed by atoms with Crippen LogP contribution in [0.4, 0.5) is 0 Å². The van der Waals surface area contributed by atoms with E-state index in [1.807, 2.05) is 12.1 Å². The van der Waals surface area contributed by atoms with Gasteiger partial charge in [-0.05, 0) is 12.1 Å². The van der Waals surface area contributed by atoms with Gasteiger partial charge in [-0.15, -0.1) is 0 Å². The van der Waals surface area contributed by atoms with Gasteiger partial charge in [-0.3, -0.25) is 0 Å². The van der Waals surface area contributed by atoms with Gasteiger partial charge in [-0.1, -0.05) is 34.1 Å². The Balaban J connectivity index is 3.08. The van der Waals surface area contributed by atoms with Crippen LogP contribution in [-0.2, 0) is 0 Å². The minimum atomic E-state index is 0.541. The molecule has 7 heavy (non-hydrogen) atoms. The average Bonchev–Trinajstić information content (AvgIpc) is 1.64. The van der Waals surface area contributed by atoms with E-state index in [-0.39, 0.29) is 0 Å². The van der Waals surface area contributed by atoms with Gasteiger partial charge < -0.3 is 0 Å². The molecule has 0 nitrogen and oxygen atoms in total. The fourth-order valence-electron chi connectivity index (χ4n) is 0.371. The highest BCUT2D eigenvalue weighted by Crippen LogP contribution is 2.05. The predicted octanol–water partition coefficient (Wildman–Crippen LogP) is 2.45. The Bertz CT molecular complexity index is 168. The summed E-state index contributed by atoms with van der Waals surface area (Å²) in [6.45, 7) is 0. The summed E-state index contributed by atoms with van der Waals surface area (Å²) in [5.41, 5.74) is 0. The van der Waals surface area contributed by atoms with Gasteiger partial charge >= 0.3 is 0 Å². The molecule has 0 aliphatic rings. The zero-order valence-corrected chi connectivity index (χ0v) is 5.27. The van der Waals surface area contributed by atoms with Gasteiger partial charge in [0.15, 0.2) is 0 Å². The van der Waals surface area contributed by atoms with E-state index in [9.17, 15) is 0 Å². The van der Waals surface area contributed by atoms with Gasteiger partial charge in [0.1, 0.15) is 0 Å². The molecule has 0 spiro atoms. The van der Waals surface area contributed by atoms with Crippen molar-refractivity contribution < 1.29 is 1.37 Å². The molecule has 0 aliphatic carbocycles. The number of hydrogen-bond acceptors (Lipinski definition) is 0. The molecule has 0 radical (unpaired) electrons. The summed E-state index contributed by atoms with van der Waals surface area (Å²) in [6.07, 6.45) is 0. The second-order valence-corrected chi connectivity index (χ2v) is 2.14. The molecule has 0 saturated carbocycles. The summed E-state index contributed by atoms with van der Waals surface area (Å²) >= 11 is 3.24. The van der Waals surface area contributed by atoms with Crippen LogP contribution in [0.15, 0.2) is 34.8 Å². The van der Waals surface area contributed by atoms with Crippen LogP contribution in [0.3, 0.4) is 0 Å². The lowest BCUT2D eigenvalue weighted by molar-refractivity contribution is 1.66. The van der Waals surface area contributed by atoms with Crippen molar-refractivity contribution in [3.05, 3.63) is 34.8 Å². The van der Waals surface area contributed by atoms with Crippen LogP contribution < -0.4 is 0 Å². The van der Waals surface area contributed by atoms with Crippen molar-refractivity contribution in [3.8, 4) is 0 Å². The second-order valence-electron chi connectivity index (χ2n) is 1.22. The fraction of sp³-hybridized carbons (Fsp3) is 0. The first-order valence-corrected chi connectivity index (χ1v) is 2.80. The summed E-state index contributed by atoms with van der Waals surface area (Å²) in [7, 11) is 0. The lowest BCUT2D eigenvalue weighted by Gasteiger charge is -1.80. The molecule has 0 atom stereocenters. The molecule has 36 valence electrons. The third-order valence-electron chi connectivity index (χ3n) is 0.669. The van der Waals surface area contributed by atoms with Crippen molar-refractivity contribution in [2.24, 2.45) is 0 Å². The van der Waals surface area contributed by atoms with Crippen molar-refractivity contribution >= 4 is 15.9 Å². The Labute approximate surface area is 52.7 Å². The van der Waals surface area contributed by atoms with Crippen LogP contribution in [-0.4, -0.2) is 0 Å². The summed E-state index contributed by atoms with van der Waals surface area (Å²) in [5.74, 6) is 0. The van der Waals surface area contributed by atoms with E-state index in [0.29, 0.717) is 6.04 Å². The van der Waals surface area contributed by atoms with E-state index in [1.54, 1.807) is 12.1 Å². The largest absolute Gasteiger partial charge is 0.0623 e. The topological polar surface area (TPSA) is 0 Å². The third-order valence-corrected chi connectivity index (χ3v) is 1.16. The zero-order valence-electron chi connectivity index (χ0n) is 4.69. The van der Waals surface area contributed by atoms with Crippen molar-refractivity contribution in [1.29, 1.82) is 0 Å². The molecule has 0 bridgehead atoms. The number of hydrogen-bond donors (Lipinski definition) is 0. The Morgan fingerprint density at radius 1 is 1.43 bits per heavy atom. The Morgan fingerprint density at radius 2 is 2.29 bits per heavy atom. The molecular weight excluding hydrogens is 152 g/mol. The Hall–Kier alpha value is -0.300. The smallest absolute Gasteiger partial charge is 0.0622 e. The predicted molar refractivity (Wildman–Crippen MR) is 34.1 cm³/mol. The molecule has 0 N–H and O–H groups in total. The summed E-state index contributed by atoms with van der Waals surface area (Å²) in [4.78, 5) is 0. The zero-order chi connectivity index (χ0) is 5.98. The molecule has 1 aromatic carbocycles. The SMILES string of the molecule is [2H]c1cccc(Br)c1. The number of halogens is 1. The van der Waals surface area contributed by atoms with Crippen LogP contribution in [0.25, 0.3) is 0 Å². The normalized spacial score (nSPS) is 10.7. The first-order chi connectivity index (χ1) is 3.79. The lowest BCUT2D eigenvalue weighted by Crippen LogP contribution is -1.55. The van der Waals surface area contributed by atoms with E-state index < -0.39 is 0 Å². The van der Waals surface area contributed by atoms with Crippen molar-refractivity contribution in [3.63, 3.8) is 0 Å². The molecule has 0 amide bonds. The second kappa shape index (κ2) is 2.12. The molecule has 0 aromatic heterocycles. The maximum absolute atomic E-state index is 7.11. The third kappa shape index (κ3) is 1.32. The summed E-state index contributed by atoms with van der Waals surface area (Å²) < 4.78 is 8.07. The highest BCUT2D eigenvalue weighted by atomic mass is 79.9. The summed E-state index contributed by atoms with van der Waals surface area (Å²) in [5, 5.41) is 0. The van der Waals surface area contributed by atoms with Crippen molar-refractivity contribution in [2.45, 2.75) is 0 Å². The highest BCUT2D eigenvalue weighted by Gasteiger charge is 1.74. The molecule has 0 fully saturated rings. The molecule has 0 saturated heterocycles. The standard InChI is InChI=1S/C6H5Br/c7-6-4-2-1-3-5-6/h1-5H/i2D. The van der Waals surface area contributed by atoms with E-state index in [2.05, 4.69) is 15.9 Å². The van der Waals surface area contributed by atoms with Crippen molar-refractivity contribution in [2.75, 3.05) is 0 Å². The molecule has 1 heteroatoms. The van der Waals surface area contributed by atoms with E-state index in [0.717, 1.165) is 4.47 Å². The first-order valence-electron chi connectivity index (χ1n) is 2.51. The van der Waals surface area contributed by atoms with Crippen LogP contribution >= 0.6 is 15.9 Å². The molecular formula is C6H5Br. The maximum Gasteiger partial charge on any atom is 0.0623 e. The molecule has 0 aliphatic heterocycles. The minimum absolute atomic E-state index is 0.541. The number of rotatable bonds is 0. The van der Waals surface area contributed by atoms with Crippen LogP contribution in [0.1, 0.15) is 1.37 Å². The lowest BCUT2D eigenvalue weighted by atomic mass is 10.4. The van der Waals surface area contributed by atoms with Gasteiger partial charge in [-0.2, -0.15) is 0 Å². The maximum atomic E-state index is 7.11. The fourth-order valence-corrected chi connectivity index (χ4v) is 0.656. The Morgan fingerprint density at radius 3 is 2.71 bits per heavy atom. The summed E-state index contributed by atoms with van der Waals surface area (Å²) in [6, 6.07) is 7.77. The molecule has 1 aromatic rings. The number of benzene rings is 1. The molecule has 0 unspecified atom stereocenters. The van der Waals surface area contributed by atoms with Crippen molar-refractivity contribution in [1.82, 2.24) is 0 Å². The Kier molecular flexibility index (Phi) is 1.11. The van der Waals surface area contributed by atoms with Gasteiger partial charge in [0.2, 0.25) is 0 Å². The monoisotopic (exact) mass is 157 g/mol. The van der Waals surface area contributed by atoms with E-state index in [4.69, 9.17) is 1.37 Å². The minimum Gasteiger partial charge on any atom is -0.0622 e. The van der Waals surface area contributed by atoms with Crippen LogP contribution in [0, 0.1) is 0 Å². The quantitative estimate of drug-likeness (QED) is 0.543. The van der Waals surface area contributed by atoms with Gasteiger partial charge in [0.25, 0.3) is 0 Å².